The first-order valence-electron chi connectivity index (χ1n) is 16.5. The Balaban J connectivity index is 1.88. The number of hydrogen-bond acceptors (Lipinski definition) is 6. The summed E-state index contributed by atoms with van der Waals surface area (Å²) in [6, 6.07) is 0. The van der Waals surface area contributed by atoms with E-state index < -0.39 is 0 Å². The molecular weight excluding hydrogens is 522 g/mol. The second-order valence-electron chi connectivity index (χ2n) is 11.4. The van der Waals surface area contributed by atoms with Crippen molar-refractivity contribution in [2.45, 2.75) is 136 Å². The van der Waals surface area contributed by atoms with Crippen molar-refractivity contribution < 1.29 is 0 Å². The second-order valence-corrected chi connectivity index (χ2v) is 11.4. The van der Waals surface area contributed by atoms with Crippen molar-refractivity contribution in [1.82, 2.24) is 43.6 Å². The van der Waals surface area contributed by atoms with E-state index in [-0.39, 0.29) is 0 Å². The van der Waals surface area contributed by atoms with Crippen LogP contribution in [-0.2, 0) is 0 Å². The Morgan fingerprint density at radius 2 is 0.762 bits per heavy atom. The third kappa shape index (κ3) is 7.16. The maximum absolute atomic E-state index is 5.08. The number of aromatic nitrogens is 9. The molecule has 0 fully saturated rings. The molecule has 0 aliphatic carbocycles. The molecular formula is C33H51N9. The molecule has 4 aromatic rings. The highest BCUT2D eigenvalue weighted by Crippen LogP contribution is 2.29. The fraction of sp³-hybridized carbons (Fsp3) is 0.636. The molecule has 0 radical (unpaired) electrons. The summed E-state index contributed by atoms with van der Waals surface area (Å²) < 4.78 is 6.19. The van der Waals surface area contributed by atoms with Crippen molar-refractivity contribution >= 4 is 0 Å². The van der Waals surface area contributed by atoms with E-state index in [9.17, 15) is 0 Å². The van der Waals surface area contributed by atoms with E-state index >= 15 is 0 Å². The standard InChI is InChI=1S/C33H51N9/c1-7-13-16-25(10-4)28-34-19-22-40(28)31-37-32(41-23-20-35-29(41)26(11-5)17-14-8-2)39-33(38-31)42-24-21-36-30(42)27(12-6)18-15-9-3/h19-27H,7-18H2,1-6H3. The van der Waals surface area contributed by atoms with Gasteiger partial charge < -0.3 is 0 Å². The van der Waals surface area contributed by atoms with Crippen LogP contribution in [0.5, 0.6) is 0 Å². The lowest BCUT2D eigenvalue weighted by Gasteiger charge is -2.19. The van der Waals surface area contributed by atoms with Gasteiger partial charge in [0.1, 0.15) is 17.5 Å². The van der Waals surface area contributed by atoms with E-state index in [1.807, 2.05) is 37.2 Å². The van der Waals surface area contributed by atoms with Gasteiger partial charge in [-0.3, -0.25) is 13.7 Å². The van der Waals surface area contributed by atoms with Crippen molar-refractivity contribution in [2.24, 2.45) is 0 Å². The largest absolute Gasteiger partial charge is 0.271 e. The third-order valence-electron chi connectivity index (χ3n) is 8.55. The first-order valence-corrected chi connectivity index (χ1v) is 16.5. The lowest BCUT2D eigenvalue weighted by atomic mass is 9.98. The van der Waals surface area contributed by atoms with Crippen LogP contribution in [0.2, 0.25) is 0 Å². The topological polar surface area (TPSA) is 92.1 Å². The van der Waals surface area contributed by atoms with Gasteiger partial charge in [-0.05, 0) is 38.5 Å². The van der Waals surface area contributed by atoms with E-state index in [4.69, 9.17) is 29.9 Å². The molecule has 3 atom stereocenters. The fourth-order valence-electron chi connectivity index (χ4n) is 5.92. The Labute approximate surface area is 252 Å². The number of hydrogen-bond donors (Lipinski definition) is 0. The van der Waals surface area contributed by atoms with Crippen molar-refractivity contribution in [3.8, 4) is 17.8 Å². The normalized spacial score (nSPS) is 13.9. The molecule has 0 spiro atoms. The minimum absolute atomic E-state index is 0.341. The van der Waals surface area contributed by atoms with Crippen molar-refractivity contribution in [1.29, 1.82) is 0 Å². The van der Waals surface area contributed by atoms with Crippen molar-refractivity contribution in [3.05, 3.63) is 54.7 Å². The zero-order valence-electron chi connectivity index (χ0n) is 26.7. The van der Waals surface area contributed by atoms with Crippen LogP contribution in [0.15, 0.2) is 37.2 Å². The maximum atomic E-state index is 5.08. The summed E-state index contributed by atoms with van der Waals surface area (Å²) in [4.78, 5) is 29.7. The SMILES string of the molecule is CCCCC(CC)c1nccn1-c1nc(-n2ccnc2C(CC)CCCC)nc(-n2ccnc2C(CC)CCCC)n1. The molecule has 0 saturated heterocycles. The van der Waals surface area contributed by atoms with Crippen LogP contribution < -0.4 is 0 Å². The van der Waals surface area contributed by atoms with E-state index in [0.29, 0.717) is 35.6 Å². The molecule has 228 valence electrons. The first kappa shape index (κ1) is 31.6. The molecule has 4 aromatic heterocycles. The third-order valence-corrected chi connectivity index (χ3v) is 8.55. The van der Waals surface area contributed by atoms with Crippen LogP contribution in [0, 0.1) is 0 Å². The van der Waals surface area contributed by atoms with Crippen molar-refractivity contribution in [2.75, 3.05) is 0 Å². The molecule has 42 heavy (non-hydrogen) atoms. The highest BCUT2D eigenvalue weighted by molar-refractivity contribution is 5.31. The molecule has 9 heteroatoms. The summed E-state index contributed by atoms with van der Waals surface area (Å²) in [6.45, 7) is 13.4. The van der Waals surface area contributed by atoms with Gasteiger partial charge >= 0.3 is 0 Å². The lowest BCUT2D eigenvalue weighted by Crippen LogP contribution is -2.18. The molecule has 0 aliphatic rings. The van der Waals surface area contributed by atoms with E-state index in [0.717, 1.165) is 75.3 Å². The number of nitrogens with zero attached hydrogens (tertiary/aromatic N) is 9. The van der Waals surface area contributed by atoms with Gasteiger partial charge in [-0.1, -0.05) is 80.1 Å². The van der Waals surface area contributed by atoms with Gasteiger partial charge in [0.05, 0.1) is 0 Å². The molecule has 0 N–H and O–H groups in total. The molecule has 0 saturated carbocycles. The van der Waals surface area contributed by atoms with Crippen LogP contribution in [-0.4, -0.2) is 43.6 Å². The van der Waals surface area contributed by atoms with Gasteiger partial charge in [0.15, 0.2) is 0 Å². The summed E-state index contributed by atoms with van der Waals surface area (Å²) in [7, 11) is 0. The van der Waals surface area contributed by atoms with Gasteiger partial charge in [-0.15, -0.1) is 0 Å². The fourth-order valence-corrected chi connectivity index (χ4v) is 5.92. The molecule has 0 aliphatic heterocycles. The van der Waals surface area contributed by atoms with Crippen LogP contribution >= 0.6 is 0 Å². The summed E-state index contributed by atoms with van der Waals surface area (Å²) in [5.41, 5.74) is 0. The average Bonchev–Trinajstić information content (AvgIpc) is 3.80. The number of rotatable bonds is 18. The predicted octanol–water partition coefficient (Wildman–Crippen LogP) is 8.48. The van der Waals surface area contributed by atoms with Crippen molar-refractivity contribution in [3.63, 3.8) is 0 Å². The molecule has 0 amide bonds. The van der Waals surface area contributed by atoms with Crippen LogP contribution in [0.3, 0.4) is 0 Å². The van der Waals surface area contributed by atoms with Gasteiger partial charge in [-0.25, -0.2) is 15.0 Å². The number of unbranched alkanes of at least 4 members (excludes halogenated alkanes) is 3. The summed E-state index contributed by atoms with van der Waals surface area (Å²) in [6.07, 6.45) is 24.9. The van der Waals surface area contributed by atoms with Gasteiger partial charge in [-0.2, -0.15) is 15.0 Å². The highest BCUT2D eigenvalue weighted by Gasteiger charge is 2.24. The zero-order valence-corrected chi connectivity index (χ0v) is 26.7. The summed E-state index contributed by atoms with van der Waals surface area (Å²) in [5.74, 6) is 5.80. The molecule has 9 nitrogen and oxygen atoms in total. The summed E-state index contributed by atoms with van der Waals surface area (Å²) in [5, 5.41) is 0. The van der Waals surface area contributed by atoms with Crippen LogP contribution in [0.1, 0.15) is 154 Å². The maximum Gasteiger partial charge on any atom is 0.241 e. The Hall–Kier alpha value is -3.36. The Kier molecular flexibility index (Phi) is 11.8. The van der Waals surface area contributed by atoms with Crippen LogP contribution in [0.25, 0.3) is 17.8 Å². The molecule has 4 rings (SSSR count). The minimum atomic E-state index is 0.341. The van der Waals surface area contributed by atoms with E-state index in [1.165, 1.54) is 19.3 Å². The summed E-state index contributed by atoms with van der Waals surface area (Å²) >= 11 is 0. The van der Waals surface area contributed by atoms with Crippen LogP contribution in [0.4, 0.5) is 0 Å². The Morgan fingerprint density at radius 1 is 0.476 bits per heavy atom. The van der Waals surface area contributed by atoms with E-state index in [2.05, 4.69) is 55.2 Å². The first-order chi connectivity index (χ1) is 20.6. The molecule has 3 unspecified atom stereocenters. The smallest absolute Gasteiger partial charge is 0.241 e. The lowest BCUT2D eigenvalue weighted by molar-refractivity contribution is 0.526. The molecule has 0 bridgehead atoms. The van der Waals surface area contributed by atoms with Gasteiger partial charge in [0.2, 0.25) is 17.8 Å². The Morgan fingerprint density at radius 3 is 1.00 bits per heavy atom. The molecule has 0 aromatic carbocycles. The zero-order chi connectivity index (χ0) is 29.9. The molecule has 4 heterocycles. The van der Waals surface area contributed by atoms with E-state index in [1.54, 1.807) is 0 Å². The monoisotopic (exact) mass is 573 g/mol. The average molecular weight is 574 g/mol. The van der Waals surface area contributed by atoms with Gasteiger partial charge in [0.25, 0.3) is 0 Å². The second kappa shape index (κ2) is 15.8. The quantitative estimate of drug-likeness (QED) is 0.118. The van der Waals surface area contributed by atoms with Gasteiger partial charge in [0, 0.05) is 54.9 Å². The minimum Gasteiger partial charge on any atom is -0.271 e. The predicted molar refractivity (Wildman–Crippen MR) is 169 cm³/mol. The Bertz CT molecular complexity index is 1180. The highest BCUT2D eigenvalue weighted by atomic mass is 15.3. The number of imidazole rings is 3.